The number of morpholine rings is 2. The Hall–Kier alpha value is -3.94. The van der Waals surface area contributed by atoms with Crippen LogP contribution >= 0.6 is 34.0 Å². The van der Waals surface area contributed by atoms with Gasteiger partial charge in [0.05, 0.1) is 50.7 Å². The third-order valence-electron chi connectivity index (χ3n) is 8.94. The van der Waals surface area contributed by atoms with Gasteiger partial charge in [-0.05, 0) is 37.1 Å². The molecule has 2 amide bonds. The largest absolute Gasteiger partial charge is 0.491 e. The van der Waals surface area contributed by atoms with Crippen molar-refractivity contribution in [1.82, 2.24) is 28.9 Å². The third-order valence-corrected chi connectivity index (χ3v) is 8.94. The number of aromatic nitrogens is 4. The van der Waals surface area contributed by atoms with Crippen LogP contribution in [-0.4, -0.2) is 120 Å². The number of allylic oxidation sites excluding steroid dienone is 2. The number of rotatable bonds is 16. The van der Waals surface area contributed by atoms with Crippen molar-refractivity contribution >= 4 is 79.7 Å². The zero-order valence-electron chi connectivity index (χ0n) is 29.0. The van der Waals surface area contributed by atoms with Gasteiger partial charge >= 0.3 is 0 Å². The minimum absolute atomic E-state index is 0. The summed E-state index contributed by atoms with van der Waals surface area (Å²) in [4.78, 5) is 37.9. The highest BCUT2D eigenvalue weighted by molar-refractivity contribution is 8.93. The molecule has 284 valence electrons. The number of hydrogen-bond acceptors (Lipinski definition) is 12. The van der Waals surface area contributed by atoms with Crippen LogP contribution in [0.4, 0.5) is 11.9 Å². The molecule has 18 heteroatoms. The van der Waals surface area contributed by atoms with Gasteiger partial charge in [-0.15, -0.1) is 34.0 Å². The smallest absolute Gasteiger partial charge is 0.248 e. The lowest BCUT2D eigenvalue weighted by atomic mass is 10.1. The Balaban J connectivity index is 0.00000302. The molecule has 0 radical (unpaired) electrons. The number of primary amides is 2. The summed E-state index contributed by atoms with van der Waals surface area (Å²) in [5.74, 6) is 0.355. The molecule has 4 aromatic rings. The van der Waals surface area contributed by atoms with E-state index in [9.17, 15) is 9.59 Å². The Kier molecular flexibility index (Phi) is 15.1. The topological polar surface area (TPSA) is 217 Å². The van der Waals surface area contributed by atoms with E-state index in [4.69, 9.17) is 41.9 Å². The van der Waals surface area contributed by atoms with E-state index in [0.717, 1.165) is 78.5 Å². The van der Waals surface area contributed by atoms with Gasteiger partial charge in [0.15, 0.2) is 0 Å². The van der Waals surface area contributed by atoms with Crippen LogP contribution in [0.25, 0.3) is 22.1 Å². The van der Waals surface area contributed by atoms with E-state index in [0.29, 0.717) is 71.0 Å². The minimum atomic E-state index is -0.577. The highest BCUT2D eigenvalue weighted by Gasteiger charge is 2.19. The number of imidazole rings is 2. The summed E-state index contributed by atoms with van der Waals surface area (Å²) in [5.41, 5.74) is 26.9. The van der Waals surface area contributed by atoms with Gasteiger partial charge in [-0.3, -0.25) is 19.4 Å². The molecule has 2 saturated heterocycles. The second-order valence-electron chi connectivity index (χ2n) is 12.4. The van der Waals surface area contributed by atoms with E-state index in [1.807, 2.05) is 21.3 Å². The molecule has 0 atom stereocenters. The summed E-state index contributed by atoms with van der Waals surface area (Å²) in [6.45, 7) is 9.91. The lowest BCUT2D eigenvalue weighted by molar-refractivity contribution is 0.0357. The van der Waals surface area contributed by atoms with E-state index in [-0.39, 0.29) is 45.9 Å². The number of halogens is 2. The first-order valence-corrected chi connectivity index (χ1v) is 17.0. The number of amides is 2. The highest BCUT2D eigenvalue weighted by atomic mass is 79.9. The number of anilines is 2. The van der Waals surface area contributed by atoms with E-state index in [2.05, 4.69) is 19.8 Å². The molecular weight excluding hydrogens is 804 g/mol. The SMILES string of the molecule is Br.Br.NC(=O)c1cc(OCCCN2CCOCC2)c2c(c1)nc(N)n2C/C=C/Cn1c(N)nc2cc(C(N)=O)cc(OCCCN3CCOCC3)c21. The first-order chi connectivity index (χ1) is 24.3. The monoisotopic (exact) mass is 850 g/mol. The highest BCUT2D eigenvalue weighted by Crippen LogP contribution is 2.32. The summed E-state index contributed by atoms with van der Waals surface area (Å²) in [7, 11) is 0. The van der Waals surface area contributed by atoms with Gasteiger partial charge in [0.25, 0.3) is 0 Å². The molecule has 16 nitrogen and oxygen atoms in total. The van der Waals surface area contributed by atoms with Crippen molar-refractivity contribution in [3.05, 3.63) is 47.5 Å². The summed E-state index contributed by atoms with van der Waals surface area (Å²) >= 11 is 0. The molecule has 8 N–H and O–H groups in total. The van der Waals surface area contributed by atoms with Gasteiger partial charge in [0.2, 0.25) is 23.7 Å². The Labute approximate surface area is 322 Å². The van der Waals surface area contributed by atoms with Crippen molar-refractivity contribution in [3.8, 4) is 11.5 Å². The molecule has 0 bridgehead atoms. The Morgan fingerprint density at radius 1 is 0.673 bits per heavy atom. The van der Waals surface area contributed by atoms with Gasteiger partial charge in [-0.1, -0.05) is 12.2 Å². The van der Waals surface area contributed by atoms with Crippen LogP contribution in [-0.2, 0) is 22.6 Å². The number of benzene rings is 2. The van der Waals surface area contributed by atoms with Crippen molar-refractivity contribution in [2.45, 2.75) is 25.9 Å². The number of hydrogen-bond donors (Lipinski definition) is 4. The van der Waals surface area contributed by atoms with Gasteiger partial charge in [-0.2, -0.15) is 0 Å². The van der Waals surface area contributed by atoms with E-state index in [1.54, 1.807) is 24.3 Å². The number of ether oxygens (including phenoxy) is 4. The van der Waals surface area contributed by atoms with Crippen LogP contribution in [0.2, 0.25) is 0 Å². The second-order valence-corrected chi connectivity index (χ2v) is 12.4. The average Bonchev–Trinajstić information content (AvgIpc) is 3.61. The maximum absolute atomic E-state index is 12.1. The number of nitrogens with two attached hydrogens (primary N) is 4. The molecule has 0 aliphatic carbocycles. The number of nitrogens with zero attached hydrogens (tertiary/aromatic N) is 6. The lowest BCUT2D eigenvalue weighted by Gasteiger charge is -2.26. The van der Waals surface area contributed by atoms with Gasteiger partial charge in [0, 0.05) is 63.5 Å². The Bertz CT molecular complexity index is 1720. The molecular formula is C34H48Br2N10O6. The molecule has 52 heavy (non-hydrogen) atoms. The molecule has 6 rings (SSSR count). The van der Waals surface area contributed by atoms with Crippen molar-refractivity contribution in [3.63, 3.8) is 0 Å². The third kappa shape index (κ3) is 9.93. The van der Waals surface area contributed by atoms with Crippen molar-refractivity contribution in [1.29, 1.82) is 0 Å². The Morgan fingerprint density at radius 3 is 1.42 bits per heavy atom. The fraction of sp³-hybridized carbons (Fsp3) is 0.471. The van der Waals surface area contributed by atoms with Crippen LogP contribution in [0.15, 0.2) is 36.4 Å². The van der Waals surface area contributed by atoms with Crippen LogP contribution < -0.4 is 32.4 Å². The predicted molar refractivity (Wildman–Crippen MR) is 210 cm³/mol. The van der Waals surface area contributed by atoms with Gasteiger partial charge in [-0.25, -0.2) is 9.97 Å². The Morgan fingerprint density at radius 2 is 1.06 bits per heavy atom. The molecule has 2 aliphatic rings. The molecule has 2 aliphatic heterocycles. The molecule has 0 spiro atoms. The van der Waals surface area contributed by atoms with Crippen LogP contribution in [0, 0.1) is 0 Å². The van der Waals surface area contributed by atoms with Crippen molar-refractivity contribution in [2.75, 3.05) is 90.4 Å². The van der Waals surface area contributed by atoms with Gasteiger partial charge in [0.1, 0.15) is 22.5 Å². The molecule has 0 saturated carbocycles. The van der Waals surface area contributed by atoms with Gasteiger partial charge < -0.3 is 51.0 Å². The summed E-state index contributed by atoms with van der Waals surface area (Å²) in [5, 5.41) is 0. The van der Waals surface area contributed by atoms with Crippen molar-refractivity contribution < 1.29 is 28.5 Å². The fourth-order valence-electron chi connectivity index (χ4n) is 6.32. The van der Waals surface area contributed by atoms with Crippen LogP contribution in [0.1, 0.15) is 33.6 Å². The fourth-order valence-corrected chi connectivity index (χ4v) is 6.32. The maximum atomic E-state index is 12.1. The summed E-state index contributed by atoms with van der Waals surface area (Å²) < 4.78 is 26.9. The quantitative estimate of drug-likeness (QED) is 0.0944. The number of carbonyl (C=O) groups excluding carboxylic acids is 2. The van der Waals surface area contributed by atoms with Crippen molar-refractivity contribution in [2.24, 2.45) is 11.5 Å². The summed E-state index contributed by atoms with van der Waals surface area (Å²) in [6, 6.07) is 6.52. The lowest BCUT2D eigenvalue weighted by Crippen LogP contribution is -2.37. The van der Waals surface area contributed by atoms with E-state index in [1.165, 1.54) is 0 Å². The normalized spacial score (nSPS) is 15.5. The zero-order valence-corrected chi connectivity index (χ0v) is 32.5. The summed E-state index contributed by atoms with van der Waals surface area (Å²) in [6.07, 6.45) is 5.47. The molecule has 2 aromatic carbocycles. The zero-order chi connectivity index (χ0) is 35.0. The first kappa shape index (κ1) is 40.8. The average molecular weight is 853 g/mol. The minimum Gasteiger partial charge on any atom is -0.491 e. The first-order valence-electron chi connectivity index (χ1n) is 17.0. The molecule has 4 heterocycles. The molecule has 2 fully saturated rings. The second kappa shape index (κ2) is 19.2. The maximum Gasteiger partial charge on any atom is 0.248 e. The van der Waals surface area contributed by atoms with Crippen LogP contribution in [0.5, 0.6) is 11.5 Å². The molecule has 0 unspecified atom stereocenters. The van der Waals surface area contributed by atoms with E-state index >= 15 is 0 Å². The standard InChI is InChI=1S/C34H46N10O6.2BrH/c35-31(45)23-19-25-29(27(21-23)49-13-3-5-41-9-15-47-16-10-41)43(33(37)39-25)7-1-2-8-44-30-26(40-34(44)38)20-24(32(36)46)22-28(30)50-14-4-6-42-11-17-48-18-12-42;;/h1-2,19-22H,3-18H2,(H2,35,45)(H2,36,46)(H2,37,39)(H2,38,40);2*1H/b2-1+;;. The molecule has 2 aromatic heterocycles. The number of nitrogen functional groups attached to an aromatic ring is 2. The predicted octanol–water partition coefficient (Wildman–Crippen LogP) is 2.36. The number of carbonyl (C=O) groups is 2. The van der Waals surface area contributed by atoms with Crippen LogP contribution in [0.3, 0.4) is 0 Å². The van der Waals surface area contributed by atoms with E-state index < -0.39 is 11.8 Å². The number of fused-ring (bicyclic) bond motifs is 2.